The summed E-state index contributed by atoms with van der Waals surface area (Å²) in [6.45, 7) is 7.16. The number of aromatic nitrogens is 2. The van der Waals surface area contributed by atoms with Crippen molar-refractivity contribution in [3.05, 3.63) is 90.0 Å². The summed E-state index contributed by atoms with van der Waals surface area (Å²) in [4.78, 5) is 10.6. The van der Waals surface area contributed by atoms with Gasteiger partial charge in [0.2, 0.25) is 0 Å². The third-order valence-corrected chi connectivity index (χ3v) is 5.24. The summed E-state index contributed by atoms with van der Waals surface area (Å²) in [6, 6.07) is 27.4. The SMILES string of the molecule is CCN(CC)c1ccc(C=Nc2[nH]c3ccccc3[n+]2Cc2ccccc2)cc1. The monoisotopic (exact) mass is 383 g/mol. The van der Waals surface area contributed by atoms with Gasteiger partial charge in [-0.3, -0.25) is 0 Å². The molecule has 0 atom stereocenters. The first-order chi connectivity index (χ1) is 14.3. The number of anilines is 1. The van der Waals surface area contributed by atoms with Crippen LogP contribution in [0, 0.1) is 0 Å². The summed E-state index contributed by atoms with van der Waals surface area (Å²) < 4.78 is 2.23. The number of fused-ring (bicyclic) bond motifs is 1. The van der Waals surface area contributed by atoms with Gasteiger partial charge in [-0.25, -0.2) is 9.55 Å². The van der Waals surface area contributed by atoms with Crippen LogP contribution in [0.4, 0.5) is 11.6 Å². The molecule has 1 heterocycles. The molecule has 0 amide bonds. The summed E-state index contributed by atoms with van der Waals surface area (Å²) in [6.07, 6.45) is 1.93. The Labute approximate surface area is 172 Å². The van der Waals surface area contributed by atoms with Crippen LogP contribution in [0.1, 0.15) is 25.0 Å². The van der Waals surface area contributed by atoms with Crippen LogP contribution in [-0.4, -0.2) is 24.3 Å². The molecule has 0 fully saturated rings. The third-order valence-electron chi connectivity index (χ3n) is 5.24. The number of aliphatic imine (C=N–C) groups is 1. The zero-order valence-corrected chi connectivity index (χ0v) is 17.0. The molecule has 4 heteroatoms. The average Bonchev–Trinajstić information content (AvgIpc) is 3.12. The average molecular weight is 384 g/mol. The molecule has 0 aliphatic carbocycles. The molecule has 3 aromatic carbocycles. The number of imidazole rings is 1. The topological polar surface area (TPSA) is 35.3 Å². The van der Waals surface area contributed by atoms with Crippen LogP contribution in [-0.2, 0) is 6.54 Å². The Balaban J connectivity index is 1.64. The summed E-state index contributed by atoms with van der Waals surface area (Å²) >= 11 is 0. The summed E-state index contributed by atoms with van der Waals surface area (Å²) in [5, 5.41) is 0. The molecular weight excluding hydrogens is 356 g/mol. The van der Waals surface area contributed by atoms with Gasteiger partial charge in [-0.1, -0.05) is 47.5 Å². The van der Waals surface area contributed by atoms with Crippen molar-refractivity contribution in [2.45, 2.75) is 20.4 Å². The van der Waals surface area contributed by atoms with Crippen LogP contribution >= 0.6 is 0 Å². The molecule has 0 radical (unpaired) electrons. The van der Waals surface area contributed by atoms with Crippen LogP contribution in [0.25, 0.3) is 11.0 Å². The summed E-state index contributed by atoms with van der Waals surface area (Å²) in [7, 11) is 0. The Bertz CT molecular complexity index is 1090. The van der Waals surface area contributed by atoms with Gasteiger partial charge >= 0.3 is 5.95 Å². The van der Waals surface area contributed by atoms with E-state index < -0.39 is 0 Å². The lowest BCUT2D eigenvalue weighted by Crippen LogP contribution is -2.33. The van der Waals surface area contributed by atoms with Crippen molar-refractivity contribution < 1.29 is 4.57 Å². The largest absolute Gasteiger partial charge is 0.397 e. The Hall–Kier alpha value is -3.40. The minimum absolute atomic E-state index is 0.776. The highest BCUT2D eigenvalue weighted by molar-refractivity contribution is 5.82. The van der Waals surface area contributed by atoms with E-state index in [1.165, 1.54) is 11.3 Å². The number of nitrogens with zero attached hydrogens (tertiary/aromatic N) is 3. The van der Waals surface area contributed by atoms with Crippen LogP contribution in [0.3, 0.4) is 0 Å². The lowest BCUT2D eigenvalue weighted by molar-refractivity contribution is -0.648. The van der Waals surface area contributed by atoms with Crippen molar-refractivity contribution in [1.29, 1.82) is 0 Å². The standard InChI is InChI=1S/C25H26N4/c1-3-28(4-2)22-16-14-20(15-17-22)18-26-25-27-23-12-8-9-13-24(23)29(25)19-21-10-6-5-7-11-21/h5-18H,3-4,19H2,1-2H3/p+1. The van der Waals surface area contributed by atoms with Crippen LogP contribution < -0.4 is 9.47 Å². The molecule has 4 aromatic rings. The second-order valence-electron chi connectivity index (χ2n) is 7.06. The van der Waals surface area contributed by atoms with E-state index in [2.05, 4.69) is 95.0 Å². The van der Waals surface area contributed by atoms with E-state index in [1.54, 1.807) is 0 Å². The van der Waals surface area contributed by atoms with Crippen LogP contribution in [0.2, 0.25) is 0 Å². The van der Waals surface area contributed by atoms with Gasteiger partial charge < -0.3 is 4.90 Å². The van der Waals surface area contributed by atoms with Crippen molar-refractivity contribution in [2.24, 2.45) is 4.99 Å². The molecule has 0 saturated carbocycles. The highest BCUT2D eigenvalue weighted by atomic mass is 15.2. The number of hydrogen-bond donors (Lipinski definition) is 1. The second kappa shape index (κ2) is 8.74. The molecule has 4 rings (SSSR count). The van der Waals surface area contributed by atoms with Gasteiger partial charge in [0, 0.05) is 24.3 Å². The fourth-order valence-corrected chi connectivity index (χ4v) is 3.64. The molecule has 0 saturated heterocycles. The van der Waals surface area contributed by atoms with Gasteiger partial charge in [-0.05, 0) is 55.8 Å². The van der Waals surface area contributed by atoms with E-state index in [-0.39, 0.29) is 0 Å². The first-order valence-electron chi connectivity index (χ1n) is 10.2. The molecule has 0 unspecified atom stereocenters. The molecule has 0 bridgehead atoms. The van der Waals surface area contributed by atoms with Crippen molar-refractivity contribution >= 4 is 28.9 Å². The molecule has 29 heavy (non-hydrogen) atoms. The van der Waals surface area contributed by atoms with Gasteiger partial charge in [-0.2, -0.15) is 0 Å². The van der Waals surface area contributed by atoms with Crippen molar-refractivity contribution in [1.82, 2.24) is 4.98 Å². The number of nitrogens with one attached hydrogen (secondary N) is 1. The van der Waals surface area contributed by atoms with Gasteiger partial charge in [0.25, 0.3) is 0 Å². The molecule has 0 spiro atoms. The smallest absolute Gasteiger partial charge is 0.372 e. The molecule has 1 aromatic heterocycles. The third kappa shape index (κ3) is 4.21. The van der Waals surface area contributed by atoms with E-state index in [4.69, 9.17) is 4.99 Å². The molecule has 0 aliphatic heterocycles. The molecule has 146 valence electrons. The number of H-pyrrole nitrogens is 1. The van der Waals surface area contributed by atoms with E-state index >= 15 is 0 Å². The normalized spacial score (nSPS) is 11.4. The van der Waals surface area contributed by atoms with E-state index in [9.17, 15) is 0 Å². The Morgan fingerprint density at radius 1 is 0.862 bits per heavy atom. The van der Waals surface area contributed by atoms with Gasteiger partial charge in [0.1, 0.15) is 17.2 Å². The second-order valence-corrected chi connectivity index (χ2v) is 7.06. The fraction of sp³-hybridized carbons (Fsp3) is 0.200. The lowest BCUT2D eigenvalue weighted by Gasteiger charge is -2.20. The van der Waals surface area contributed by atoms with Crippen LogP contribution in [0.5, 0.6) is 0 Å². The molecule has 0 aliphatic rings. The number of hydrogen-bond acceptors (Lipinski definition) is 2. The van der Waals surface area contributed by atoms with E-state index in [0.29, 0.717) is 0 Å². The fourth-order valence-electron chi connectivity index (χ4n) is 3.64. The first kappa shape index (κ1) is 18.9. The number of rotatable bonds is 7. The Morgan fingerprint density at radius 3 is 2.28 bits per heavy atom. The maximum atomic E-state index is 4.79. The van der Waals surface area contributed by atoms with Gasteiger partial charge in [-0.15, -0.1) is 0 Å². The number of aromatic amines is 1. The maximum absolute atomic E-state index is 4.79. The number of para-hydroxylation sites is 2. The first-order valence-corrected chi connectivity index (χ1v) is 10.2. The van der Waals surface area contributed by atoms with Crippen LogP contribution in [0.15, 0.2) is 83.9 Å². The number of benzene rings is 3. The van der Waals surface area contributed by atoms with Gasteiger partial charge in [0.15, 0.2) is 0 Å². The predicted octanol–water partition coefficient (Wildman–Crippen LogP) is 5.10. The van der Waals surface area contributed by atoms with E-state index in [1.807, 2.05) is 18.3 Å². The molecule has 1 N–H and O–H groups in total. The predicted molar refractivity (Wildman–Crippen MR) is 121 cm³/mol. The quantitative estimate of drug-likeness (QED) is 0.350. The molecule has 4 nitrogen and oxygen atoms in total. The molecular formula is C25H27N4+. The zero-order chi connectivity index (χ0) is 20.1. The highest BCUT2D eigenvalue weighted by Gasteiger charge is 2.17. The Morgan fingerprint density at radius 2 is 1.55 bits per heavy atom. The highest BCUT2D eigenvalue weighted by Crippen LogP contribution is 2.17. The minimum atomic E-state index is 0.776. The minimum Gasteiger partial charge on any atom is -0.372 e. The van der Waals surface area contributed by atoms with Gasteiger partial charge in [0.05, 0.1) is 6.54 Å². The lowest BCUT2D eigenvalue weighted by atomic mass is 10.2. The van der Waals surface area contributed by atoms with Crippen molar-refractivity contribution in [3.8, 4) is 0 Å². The zero-order valence-electron chi connectivity index (χ0n) is 17.0. The van der Waals surface area contributed by atoms with Crippen molar-refractivity contribution in [3.63, 3.8) is 0 Å². The Kier molecular flexibility index (Phi) is 5.71. The summed E-state index contributed by atoms with van der Waals surface area (Å²) in [5.74, 6) is 0.850. The van der Waals surface area contributed by atoms with E-state index in [0.717, 1.165) is 42.2 Å². The van der Waals surface area contributed by atoms with Crippen molar-refractivity contribution in [2.75, 3.05) is 18.0 Å². The maximum Gasteiger partial charge on any atom is 0.397 e. The summed E-state index contributed by atoms with van der Waals surface area (Å²) in [5.41, 5.74) is 5.83.